The number of rotatable bonds is 7. The lowest BCUT2D eigenvalue weighted by Gasteiger charge is -2.12. The summed E-state index contributed by atoms with van der Waals surface area (Å²) in [6.45, 7) is 9.03. The van der Waals surface area contributed by atoms with Crippen LogP contribution in [0.4, 0.5) is 0 Å². The maximum absolute atomic E-state index is 10.9. The fraction of sp³-hybridized carbons (Fsp3) is 0.545. The monoisotopic (exact) mass is 182 g/mol. The first-order valence-electron chi connectivity index (χ1n) is 4.67. The zero-order chi connectivity index (χ0) is 10.1. The minimum absolute atomic E-state index is 0.132. The van der Waals surface area contributed by atoms with Gasteiger partial charge in [0, 0.05) is 6.42 Å². The van der Waals surface area contributed by atoms with Crippen molar-refractivity contribution in [3.63, 3.8) is 0 Å². The second-order valence-electron chi connectivity index (χ2n) is 2.84. The van der Waals surface area contributed by atoms with Crippen LogP contribution in [0.2, 0.25) is 0 Å². The number of ether oxygens (including phenoxy) is 1. The molecule has 2 heteroatoms. The van der Waals surface area contributed by atoms with Crippen molar-refractivity contribution in [3.05, 3.63) is 25.3 Å². The molecular weight excluding hydrogens is 164 g/mol. The Morgan fingerprint density at radius 1 is 1.54 bits per heavy atom. The van der Waals surface area contributed by atoms with E-state index in [1.165, 1.54) is 0 Å². The summed E-state index contributed by atoms with van der Waals surface area (Å²) in [6.07, 6.45) is 6.60. The summed E-state index contributed by atoms with van der Waals surface area (Å²) in [5.74, 6) is -0.163. The second kappa shape index (κ2) is 7.59. The molecule has 0 aliphatic heterocycles. The highest BCUT2D eigenvalue weighted by atomic mass is 16.5. The highest BCUT2D eigenvalue weighted by Crippen LogP contribution is 2.07. The summed E-state index contributed by atoms with van der Waals surface area (Å²) in [4.78, 5) is 10.9. The van der Waals surface area contributed by atoms with Crippen molar-refractivity contribution in [1.82, 2.24) is 0 Å². The standard InChI is InChI=1S/C11H18O2/c1-4-7-8-9-10(5-2)13-11(12)6-3/h4-5,10H,1-2,6-9H2,3H3. The first-order chi connectivity index (χ1) is 6.24. The molecule has 0 heterocycles. The van der Waals surface area contributed by atoms with Gasteiger partial charge in [-0.05, 0) is 19.3 Å². The number of hydrogen-bond acceptors (Lipinski definition) is 2. The SMILES string of the molecule is C=CCCCC(C=C)OC(=O)CC. The van der Waals surface area contributed by atoms with Crippen LogP contribution in [-0.2, 0) is 9.53 Å². The van der Waals surface area contributed by atoms with E-state index in [1.807, 2.05) is 6.08 Å². The van der Waals surface area contributed by atoms with Crippen LogP contribution in [0.15, 0.2) is 25.3 Å². The van der Waals surface area contributed by atoms with Crippen molar-refractivity contribution in [2.75, 3.05) is 0 Å². The molecule has 0 spiro atoms. The Balaban J connectivity index is 3.68. The van der Waals surface area contributed by atoms with E-state index in [2.05, 4.69) is 13.2 Å². The average molecular weight is 182 g/mol. The number of carbonyl (C=O) groups is 1. The minimum Gasteiger partial charge on any atom is -0.458 e. The maximum atomic E-state index is 10.9. The molecule has 0 amide bonds. The molecule has 0 aromatic carbocycles. The zero-order valence-corrected chi connectivity index (χ0v) is 8.29. The predicted octanol–water partition coefficient (Wildman–Crippen LogP) is 2.85. The van der Waals surface area contributed by atoms with Crippen molar-refractivity contribution in [3.8, 4) is 0 Å². The molecule has 13 heavy (non-hydrogen) atoms. The van der Waals surface area contributed by atoms with E-state index < -0.39 is 0 Å². The average Bonchev–Trinajstić information content (AvgIpc) is 2.16. The van der Waals surface area contributed by atoms with Gasteiger partial charge in [-0.15, -0.1) is 6.58 Å². The van der Waals surface area contributed by atoms with Gasteiger partial charge in [0.2, 0.25) is 0 Å². The fourth-order valence-electron chi connectivity index (χ4n) is 0.940. The van der Waals surface area contributed by atoms with E-state index in [4.69, 9.17) is 4.74 Å². The molecule has 0 aromatic heterocycles. The summed E-state index contributed by atoms with van der Waals surface area (Å²) in [5, 5.41) is 0. The van der Waals surface area contributed by atoms with Crippen LogP contribution in [0.25, 0.3) is 0 Å². The third kappa shape index (κ3) is 6.14. The van der Waals surface area contributed by atoms with Crippen LogP contribution in [0.3, 0.4) is 0 Å². The van der Waals surface area contributed by atoms with Gasteiger partial charge in [-0.1, -0.05) is 25.7 Å². The molecule has 0 bridgehead atoms. The van der Waals surface area contributed by atoms with E-state index in [9.17, 15) is 4.79 Å². The van der Waals surface area contributed by atoms with Crippen LogP contribution < -0.4 is 0 Å². The summed E-state index contributed by atoms with van der Waals surface area (Å²) >= 11 is 0. The van der Waals surface area contributed by atoms with E-state index in [-0.39, 0.29) is 12.1 Å². The van der Waals surface area contributed by atoms with E-state index in [0.717, 1.165) is 19.3 Å². The highest BCUT2D eigenvalue weighted by Gasteiger charge is 2.07. The largest absolute Gasteiger partial charge is 0.458 e. The third-order valence-electron chi connectivity index (χ3n) is 1.73. The quantitative estimate of drug-likeness (QED) is 0.344. The van der Waals surface area contributed by atoms with Gasteiger partial charge >= 0.3 is 5.97 Å². The van der Waals surface area contributed by atoms with Gasteiger partial charge in [0.25, 0.3) is 0 Å². The topological polar surface area (TPSA) is 26.3 Å². The van der Waals surface area contributed by atoms with Gasteiger partial charge in [-0.3, -0.25) is 4.79 Å². The van der Waals surface area contributed by atoms with Crippen molar-refractivity contribution < 1.29 is 9.53 Å². The molecule has 1 atom stereocenters. The maximum Gasteiger partial charge on any atom is 0.306 e. The van der Waals surface area contributed by atoms with Crippen molar-refractivity contribution in [2.45, 2.75) is 38.7 Å². The lowest BCUT2D eigenvalue weighted by atomic mass is 10.1. The van der Waals surface area contributed by atoms with Gasteiger partial charge in [-0.2, -0.15) is 0 Å². The fourth-order valence-corrected chi connectivity index (χ4v) is 0.940. The molecule has 0 saturated carbocycles. The number of esters is 1. The Bertz CT molecular complexity index is 173. The number of carbonyl (C=O) groups excluding carboxylic acids is 1. The van der Waals surface area contributed by atoms with Crippen LogP contribution in [-0.4, -0.2) is 12.1 Å². The van der Waals surface area contributed by atoms with Crippen LogP contribution in [0.5, 0.6) is 0 Å². The molecule has 0 rings (SSSR count). The predicted molar refractivity (Wildman–Crippen MR) is 54.4 cm³/mol. The Morgan fingerprint density at radius 3 is 2.69 bits per heavy atom. The molecule has 0 aromatic rings. The van der Waals surface area contributed by atoms with Crippen LogP contribution >= 0.6 is 0 Å². The Labute approximate surface area is 80.3 Å². The molecule has 0 N–H and O–H groups in total. The lowest BCUT2D eigenvalue weighted by molar-refractivity contribution is -0.146. The molecule has 1 unspecified atom stereocenters. The van der Waals surface area contributed by atoms with E-state index in [1.54, 1.807) is 13.0 Å². The second-order valence-corrected chi connectivity index (χ2v) is 2.84. The number of unbranched alkanes of at least 4 members (excludes halogenated alkanes) is 1. The molecule has 74 valence electrons. The smallest absolute Gasteiger partial charge is 0.306 e. The molecular formula is C11H18O2. The summed E-state index contributed by atoms with van der Waals surface area (Å²) in [6, 6.07) is 0. The summed E-state index contributed by atoms with van der Waals surface area (Å²) < 4.78 is 5.10. The Kier molecular flexibility index (Phi) is 6.98. The first-order valence-corrected chi connectivity index (χ1v) is 4.67. The van der Waals surface area contributed by atoms with E-state index >= 15 is 0 Å². The van der Waals surface area contributed by atoms with Crippen LogP contribution in [0.1, 0.15) is 32.6 Å². The molecule has 2 nitrogen and oxygen atoms in total. The van der Waals surface area contributed by atoms with Crippen molar-refractivity contribution in [1.29, 1.82) is 0 Å². The van der Waals surface area contributed by atoms with Gasteiger partial charge in [0.05, 0.1) is 0 Å². The van der Waals surface area contributed by atoms with Gasteiger partial charge in [0.15, 0.2) is 0 Å². The molecule has 0 saturated heterocycles. The Hall–Kier alpha value is -1.05. The van der Waals surface area contributed by atoms with Crippen molar-refractivity contribution >= 4 is 5.97 Å². The summed E-state index contributed by atoms with van der Waals surface area (Å²) in [5.41, 5.74) is 0. The molecule has 0 fully saturated rings. The van der Waals surface area contributed by atoms with Crippen molar-refractivity contribution in [2.24, 2.45) is 0 Å². The first kappa shape index (κ1) is 11.9. The van der Waals surface area contributed by atoms with Crippen LogP contribution in [0, 0.1) is 0 Å². The van der Waals surface area contributed by atoms with Gasteiger partial charge in [0.1, 0.15) is 6.10 Å². The normalized spacial score (nSPS) is 11.8. The number of hydrogen-bond donors (Lipinski definition) is 0. The number of allylic oxidation sites excluding steroid dienone is 1. The van der Waals surface area contributed by atoms with Gasteiger partial charge in [-0.25, -0.2) is 0 Å². The Morgan fingerprint density at radius 2 is 2.23 bits per heavy atom. The molecule has 0 radical (unpaired) electrons. The lowest BCUT2D eigenvalue weighted by Crippen LogP contribution is -2.14. The summed E-state index contributed by atoms with van der Waals surface area (Å²) in [7, 11) is 0. The highest BCUT2D eigenvalue weighted by molar-refractivity contribution is 5.69. The van der Waals surface area contributed by atoms with Gasteiger partial charge < -0.3 is 4.74 Å². The van der Waals surface area contributed by atoms with E-state index in [0.29, 0.717) is 6.42 Å². The molecule has 0 aliphatic rings. The molecule has 0 aliphatic carbocycles. The zero-order valence-electron chi connectivity index (χ0n) is 8.29. The third-order valence-corrected chi connectivity index (χ3v) is 1.73. The minimum atomic E-state index is -0.163.